The van der Waals surface area contributed by atoms with Crippen LogP contribution < -0.4 is 0 Å². The van der Waals surface area contributed by atoms with Crippen LogP contribution in [0.3, 0.4) is 0 Å². The summed E-state index contributed by atoms with van der Waals surface area (Å²) in [5, 5.41) is 0.769. The molecule has 0 aromatic heterocycles. The van der Waals surface area contributed by atoms with Gasteiger partial charge in [0.05, 0.1) is 18.8 Å². The van der Waals surface area contributed by atoms with Crippen LogP contribution in [0.25, 0.3) is 0 Å². The van der Waals surface area contributed by atoms with E-state index in [4.69, 9.17) is 21.1 Å². The molecule has 1 atom stereocenters. The van der Waals surface area contributed by atoms with Crippen LogP contribution in [0.1, 0.15) is 31.7 Å². The normalized spacial score (nSPS) is 24.1. The maximum Gasteiger partial charge on any atom is 0.0913 e. The van der Waals surface area contributed by atoms with Crippen molar-refractivity contribution in [1.82, 2.24) is 0 Å². The van der Waals surface area contributed by atoms with Crippen LogP contribution >= 0.6 is 11.6 Å². The van der Waals surface area contributed by atoms with E-state index in [0.717, 1.165) is 36.5 Å². The van der Waals surface area contributed by atoms with Crippen molar-refractivity contribution in [2.75, 3.05) is 13.2 Å². The van der Waals surface area contributed by atoms with Gasteiger partial charge in [0.2, 0.25) is 0 Å². The van der Waals surface area contributed by atoms with Crippen LogP contribution in [0, 0.1) is 0 Å². The van der Waals surface area contributed by atoms with E-state index in [-0.39, 0.29) is 5.60 Å². The Morgan fingerprint density at radius 3 is 2.88 bits per heavy atom. The molecule has 0 bridgehead atoms. The van der Waals surface area contributed by atoms with Gasteiger partial charge >= 0.3 is 0 Å². The molecule has 3 heteroatoms. The molecule has 2 nitrogen and oxygen atoms in total. The molecule has 1 aromatic carbocycles. The van der Waals surface area contributed by atoms with Crippen LogP contribution in [0.4, 0.5) is 0 Å². The Labute approximate surface area is 108 Å². The first kappa shape index (κ1) is 12.9. The van der Waals surface area contributed by atoms with Gasteiger partial charge < -0.3 is 9.47 Å². The monoisotopic (exact) mass is 254 g/mol. The van der Waals surface area contributed by atoms with E-state index in [9.17, 15) is 0 Å². The quantitative estimate of drug-likeness (QED) is 0.795. The average molecular weight is 255 g/mol. The third kappa shape index (κ3) is 3.21. The average Bonchev–Trinajstić information content (AvgIpc) is 2.81. The fourth-order valence-electron chi connectivity index (χ4n) is 2.21. The van der Waals surface area contributed by atoms with Gasteiger partial charge in [0, 0.05) is 11.6 Å². The van der Waals surface area contributed by atoms with Crippen molar-refractivity contribution in [3.05, 3.63) is 34.9 Å². The Bertz CT molecular complexity index is 359. The van der Waals surface area contributed by atoms with E-state index in [0.29, 0.717) is 13.2 Å². The summed E-state index contributed by atoms with van der Waals surface area (Å²) in [5.41, 5.74) is 0.986. The minimum Gasteiger partial charge on any atom is -0.374 e. The second-order valence-electron chi connectivity index (χ2n) is 4.57. The lowest BCUT2D eigenvalue weighted by atomic mass is 9.98. The van der Waals surface area contributed by atoms with Gasteiger partial charge in [0.15, 0.2) is 0 Å². The van der Waals surface area contributed by atoms with Crippen molar-refractivity contribution < 1.29 is 9.47 Å². The van der Waals surface area contributed by atoms with Crippen LogP contribution in [0.15, 0.2) is 24.3 Å². The largest absolute Gasteiger partial charge is 0.374 e. The number of ether oxygens (including phenoxy) is 2. The molecule has 1 unspecified atom stereocenters. The maximum atomic E-state index is 6.08. The first-order chi connectivity index (χ1) is 8.26. The molecule has 17 heavy (non-hydrogen) atoms. The number of hydrogen-bond donors (Lipinski definition) is 0. The van der Waals surface area contributed by atoms with Crippen LogP contribution in [-0.4, -0.2) is 18.8 Å². The van der Waals surface area contributed by atoms with Crippen molar-refractivity contribution in [2.24, 2.45) is 0 Å². The topological polar surface area (TPSA) is 18.5 Å². The van der Waals surface area contributed by atoms with Gasteiger partial charge in [-0.1, -0.05) is 36.7 Å². The third-order valence-corrected chi connectivity index (χ3v) is 3.78. The van der Waals surface area contributed by atoms with Gasteiger partial charge in [0.1, 0.15) is 0 Å². The first-order valence-electron chi connectivity index (χ1n) is 6.21. The Morgan fingerprint density at radius 1 is 1.41 bits per heavy atom. The first-order valence-corrected chi connectivity index (χ1v) is 6.59. The van der Waals surface area contributed by atoms with E-state index in [2.05, 4.69) is 6.92 Å². The molecular weight excluding hydrogens is 236 g/mol. The standard InChI is InChI=1S/C14H19ClO2/c1-2-14(8-5-9-17-14)11-16-10-12-6-3-4-7-13(12)15/h3-4,6-7H,2,5,8-11H2,1H3. The summed E-state index contributed by atoms with van der Waals surface area (Å²) in [5.74, 6) is 0. The van der Waals surface area contributed by atoms with E-state index < -0.39 is 0 Å². The van der Waals surface area contributed by atoms with Gasteiger partial charge in [-0.05, 0) is 30.9 Å². The molecule has 1 fully saturated rings. The second-order valence-corrected chi connectivity index (χ2v) is 4.98. The summed E-state index contributed by atoms with van der Waals surface area (Å²) in [6, 6.07) is 7.80. The Morgan fingerprint density at radius 2 is 2.24 bits per heavy atom. The zero-order valence-electron chi connectivity index (χ0n) is 10.2. The summed E-state index contributed by atoms with van der Waals surface area (Å²) in [6.07, 6.45) is 3.25. The summed E-state index contributed by atoms with van der Waals surface area (Å²) >= 11 is 6.08. The van der Waals surface area contributed by atoms with E-state index in [1.807, 2.05) is 24.3 Å². The minimum absolute atomic E-state index is 0.0543. The van der Waals surface area contributed by atoms with Crippen molar-refractivity contribution in [3.8, 4) is 0 Å². The van der Waals surface area contributed by atoms with Gasteiger partial charge in [-0.3, -0.25) is 0 Å². The van der Waals surface area contributed by atoms with E-state index >= 15 is 0 Å². The lowest BCUT2D eigenvalue weighted by molar-refractivity contribution is -0.0698. The SMILES string of the molecule is CCC1(COCc2ccccc2Cl)CCCO1. The Kier molecular flexibility index (Phi) is 4.43. The van der Waals surface area contributed by atoms with E-state index in [1.165, 1.54) is 0 Å². The predicted octanol–water partition coefficient (Wildman–Crippen LogP) is 3.82. The molecule has 94 valence electrons. The van der Waals surface area contributed by atoms with Crippen molar-refractivity contribution in [2.45, 2.75) is 38.4 Å². The Hall–Kier alpha value is -0.570. The molecule has 0 spiro atoms. The smallest absolute Gasteiger partial charge is 0.0913 e. The van der Waals surface area contributed by atoms with Gasteiger partial charge in [-0.2, -0.15) is 0 Å². The summed E-state index contributed by atoms with van der Waals surface area (Å²) in [4.78, 5) is 0. The molecular formula is C14H19ClO2. The number of hydrogen-bond acceptors (Lipinski definition) is 2. The number of halogens is 1. The van der Waals surface area contributed by atoms with Crippen molar-refractivity contribution >= 4 is 11.6 Å². The van der Waals surface area contributed by atoms with Crippen LogP contribution in [0.5, 0.6) is 0 Å². The maximum absolute atomic E-state index is 6.08. The highest BCUT2D eigenvalue weighted by molar-refractivity contribution is 6.31. The van der Waals surface area contributed by atoms with Crippen LogP contribution in [-0.2, 0) is 16.1 Å². The molecule has 1 heterocycles. The summed E-state index contributed by atoms with van der Waals surface area (Å²) in [7, 11) is 0. The fraction of sp³-hybridized carbons (Fsp3) is 0.571. The lowest BCUT2D eigenvalue weighted by Crippen LogP contribution is -2.32. The zero-order chi connectivity index (χ0) is 12.1. The number of benzene rings is 1. The highest BCUT2D eigenvalue weighted by Crippen LogP contribution is 2.29. The summed E-state index contributed by atoms with van der Waals surface area (Å²) in [6.45, 7) is 4.24. The molecule has 1 aromatic rings. The molecule has 0 amide bonds. The van der Waals surface area contributed by atoms with Gasteiger partial charge in [-0.25, -0.2) is 0 Å². The van der Waals surface area contributed by atoms with Crippen molar-refractivity contribution in [3.63, 3.8) is 0 Å². The molecule has 1 aliphatic heterocycles. The van der Waals surface area contributed by atoms with E-state index in [1.54, 1.807) is 0 Å². The third-order valence-electron chi connectivity index (χ3n) is 3.41. The van der Waals surface area contributed by atoms with Crippen molar-refractivity contribution in [1.29, 1.82) is 0 Å². The summed E-state index contributed by atoms with van der Waals surface area (Å²) < 4.78 is 11.6. The molecule has 2 rings (SSSR count). The highest BCUT2D eigenvalue weighted by atomic mass is 35.5. The molecule has 1 aliphatic rings. The molecule has 0 aliphatic carbocycles. The molecule has 0 saturated carbocycles. The highest BCUT2D eigenvalue weighted by Gasteiger charge is 2.33. The van der Waals surface area contributed by atoms with Gasteiger partial charge in [-0.15, -0.1) is 0 Å². The molecule has 0 N–H and O–H groups in total. The molecule has 0 radical (unpaired) electrons. The predicted molar refractivity (Wildman–Crippen MR) is 69.3 cm³/mol. The fourth-order valence-corrected chi connectivity index (χ4v) is 2.40. The Balaban J connectivity index is 1.85. The minimum atomic E-state index is -0.0543. The molecule has 1 saturated heterocycles. The van der Waals surface area contributed by atoms with Crippen LogP contribution in [0.2, 0.25) is 5.02 Å². The lowest BCUT2D eigenvalue weighted by Gasteiger charge is -2.26. The van der Waals surface area contributed by atoms with Gasteiger partial charge in [0.25, 0.3) is 0 Å². The number of rotatable bonds is 5. The zero-order valence-corrected chi connectivity index (χ0v) is 11.0. The second kappa shape index (κ2) is 5.85.